The van der Waals surface area contributed by atoms with Gasteiger partial charge in [0.1, 0.15) is 5.54 Å². The molecule has 1 N–H and O–H groups in total. The Hall–Kier alpha value is -1.01. The first kappa shape index (κ1) is 12.1. The topological polar surface area (TPSA) is 38.3 Å². The van der Waals surface area contributed by atoms with Gasteiger partial charge in [-0.15, -0.1) is 6.42 Å². The third kappa shape index (κ3) is 2.97. The molecule has 0 aromatic heterocycles. The fraction of sp³-hybridized carbons (Fsp3) is 0.750. The van der Waals surface area contributed by atoms with Crippen molar-refractivity contribution in [1.29, 1.82) is 0 Å². The molecule has 0 atom stereocenters. The second-order valence-corrected chi connectivity index (χ2v) is 4.05. The quantitative estimate of drug-likeness (QED) is 0.434. The Labute approximate surface area is 91.6 Å². The maximum absolute atomic E-state index is 11.8. The number of ether oxygens (including phenoxy) is 1. The van der Waals surface area contributed by atoms with E-state index in [9.17, 15) is 4.79 Å². The lowest BCUT2D eigenvalue weighted by Crippen LogP contribution is -2.52. The molecule has 0 heterocycles. The Morgan fingerprint density at radius 3 is 2.47 bits per heavy atom. The summed E-state index contributed by atoms with van der Waals surface area (Å²) in [5.74, 6) is 2.35. The molecular weight excluding hydrogens is 190 g/mol. The Morgan fingerprint density at radius 2 is 2.00 bits per heavy atom. The molecule has 0 aromatic carbocycles. The third-order valence-corrected chi connectivity index (χ3v) is 3.06. The van der Waals surface area contributed by atoms with E-state index in [0.717, 1.165) is 25.7 Å². The summed E-state index contributed by atoms with van der Waals surface area (Å²) in [5.41, 5.74) is -0.530. The van der Waals surface area contributed by atoms with Crippen LogP contribution in [-0.4, -0.2) is 25.2 Å². The Balaban J connectivity index is 2.73. The Kier molecular flexibility index (Phi) is 4.64. The first-order valence-corrected chi connectivity index (χ1v) is 5.52. The van der Waals surface area contributed by atoms with Crippen molar-refractivity contribution < 1.29 is 9.53 Å². The number of terminal acetylenes is 1. The molecule has 3 nitrogen and oxygen atoms in total. The van der Waals surface area contributed by atoms with Gasteiger partial charge in [-0.2, -0.15) is 0 Å². The van der Waals surface area contributed by atoms with Crippen LogP contribution in [0, 0.1) is 12.3 Å². The number of rotatable bonds is 3. The Bertz CT molecular complexity index is 247. The number of nitrogens with one attached hydrogen (secondary N) is 1. The van der Waals surface area contributed by atoms with Crippen molar-refractivity contribution >= 4 is 5.97 Å². The van der Waals surface area contributed by atoms with E-state index in [2.05, 4.69) is 11.2 Å². The summed E-state index contributed by atoms with van der Waals surface area (Å²) in [7, 11) is 1.44. The van der Waals surface area contributed by atoms with E-state index in [0.29, 0.717) is 6.54 Å². The maximum atomic E-state index is 11.8. The molecule has 1 aliphatic rings. The van der Waals surface area contributed by atoms with Crippen LogP contribution >= 0.6 is 0 Å². The monoisotopic (exact) mass is 209 g/mol. The third-order valence-electron chi connectivity index (χ3n) is 3.06. The molecule has 0 aromatic rings. The zero-order chi connectivity index (χ0) is 11.1. The predicted molar refractivity (Wildman–Crippen MR) is 59.3 cm³/mol. The van der Waals surface area contributed by atoms with Gasteiger partial charge in [0.25, 0.3) is 0 Å². The van der Waals surface area contributed by atoms with Gasteiger partial charge in [0.2, 0.25) is 0 Å². The van der Waals surface area contributed by atoms with E-state index in [-0.39, 0.29) is 5.97 Å². The lowest BCUT2D eigenvalue weighted by atomic mass is 9.90. The van der Waals surface area contributed by atoms with E-state index in [1.54, 1.807) is 0 Å². The van der Waals surface area contributed by atoms with Crippen LogP contribution in [-0.2, 0) is 9.53 Å². The van der Waals surface area contributed by atoms with E-state index in [1.165, 1.54) is 20.0 Å². The second-order valence-electron chi connectivity index (χ2n) is 4.05. The summed E-state index contributed by atoms with van der Waals surface area (Å²) in [5, 5.41) is 3.16. The summed E-state index contributed by atoms with van der Waals surface area (Å²) in [6.45, 7) is 0.426. The largest absolute Gasteiger partial charge is 0.468 e. The highest BCUT2D eigenvalue weighted by Gasteiger charge is 2.38. The minimum absolute atomic E-state index is 0.167. The van der Waals surface area contributed by atoms with Gasteiger partial charge in [-0.3, -0.25) is 10.1 Å². The molecule has 0 amide bonds. The molecule has 0 bridgehead atoms. The number of carbonyl (C=O) groups excluding carboxylic acids is 1. The van der Waals surface area contributed by atoms with Crippen LogP contribution in [0.5, 0.6) is 0 Å². The van der Waals surface area contributed by atoms with Crippen molar-refractivity contribution in [2.45, 2.75) is 44.1 Å². The van der Waals surface area contributed by atoms with E-state index < -0.39 is 5.54 Å². The molecule has 0 unspecified atom stereocenters. The first-order chi connectivity index (χ1) is 7.25. The summed E-state index contributed by atoms with van der Waals surface area (Å²) >= 11 is 0. The number of methoxy groups -OCH3 is 1. The number of carbonyl (C=O) groups is 1. The van der Waals surface area contributed by atoms with E-state index in [1.807, 2.05) is 0 Å². The van der Waals surface area contributed by atoms with Crippen molar-refractivity contribution in [1.82, 2.24) is 5.32 Å². The molecule has 1 aliphatic carbocycles. The van der Waals surface area contributed by atoms with Crippen molar-refractivity contribution in [3.05, 3.63) is 0 Å². The highest BCUT2D eigenvalue weighted by atomic mass is 16.5. The molecule has 3 heteroatoms. The average Bonchev–Trinajstić information content (AvgIpc) is 2.51. The summed E-state index contributed by atoms with van der Waals surface area (Å²) in [4.78, 5) is 11.8. The average molecular weight is 209 g/mol. The van der Waals surface area contributed by atoms with Gasteiger partial charge in [0.15, 0.2) is 0 Å². The lowest BCUT2D eigenvalue weighted by Gasteiger charge is -2.30. The van der Waals surface area contributed by atoms with Crippen LogP contribution in [0.2, 0.25) is 0 Å². The Morgan fingerprint density at radius 1 is 1.40 bits per heavy atom. The second kappa shape index (κ2) is 5.77. The van der Waals surface area contributed by atoms with Crippen LogP contribution < -0.4 is 5.32 Å². The molecule has 15 heavy (non-hydrogen) atoms. The van der Waals surface area contributed by atoms with E-state index >= 15 is 0 Å². The molecule has 1 rings (SSSR count). The molecule has 0 radical (unpaired) electrons. The molecule has 1 saturated carbocycles. The zero-order valence-electron chi connectivity index (χ0n) is 9.34. The molecular formula is C12H19NO2. The van der Waals surface area contributed by atoms with Gasteiger partial charge in [0, 0.05) is 0 Å². The predicted octanol–water partition coefficient (Wildman–Crippen LogP) is 1.48. The van der Waals surface area contributed by atoms with Crippen LogP contribution in [0.3, 0.4) is 0 Å². The standard InChI is InChI=1S/C12H19NO2/c1-3-10-13-12(11(14)15-2)8-6-4-5-7-9-12/h1,13H,4-10H2,2H3. The van der Waals surface area contributed by atoms with E-state index in [4.69, 9.17) is 11.2 Å². The molecule has 0 saturated heterocycles. The maximum Gasteiger partial charge on any atom is 0.326 e. The normalized spacial score (nSPS) is 20.0. The number of esters is 1. The first-order valence-electron chi connectivity index (χ1n) is 5.52. The van der Waals surface area contributed by atoms with Gasteiger partial charge < -0.3 is 4.74 Å². The fourth-order valence-corrected chi connectivity index (χ4v) is 2.20. The number of hydrogen-bond acceptors (Lipinski definition) is 3. The van der Waals surface area contributed by atoms with Gasteiger partial charge in [-0.05, 0) is 12.8 Å². The SMILES string of the molecule is C#CCNC1(C(=O)OC)CCCCCC1. The van der Waals surface area contributed by atoms with Crippen LogP contribution in [0.25, 0.3) is 0 Å². The van der Waals surface area contributed by atoms with Crippen LogP contribution in [0.4, 0.5) is 0 Å². The smallest absolute Gasteiger partial charge is 0.326 e. The van der Waals surface area contributed by atoms with Crippen molar-refractivity contribution in [2.75, 3.05) is 13.7 Å². The number of hydrogen-bond donors (Lipinski definition) is 1. The van der Waals surface area contributed by atoms with Crippen molar-refractivity contribution in [3.8, 4) is 12.3 Å². The molecule has 84 valence electrons. The minimum Gasteiger partial charge on any atom is -0.468 e. The zero-order valence-corrected chi connectivity index (χ0v) is 9.34. The summed E-state index contributed by atoms with van der Waals surface area (Å²) < 4.78 is 4.88. The van der Waals surface area contributed by atoms with Gasteiger partial charge in [-0.1, -0.05) is 31.6 Å². The van der Waals surface area contributed by atoms with Crippen molar-refractivity contribution in [2.24, 2.45) is 0 Å². The van der Waals surface area contributed by atoms with Crippen LogP contribution in [0.1, 0.15) is 38.5 Å². The molecule has 1 fully saturated rings. The highest BCUT2D eigenvalue weighted by Crippen LogP contribution is 2.28. The fourth-order valence-electron chi connectivity index (χ4n) is 2.20. The molecule has 0 spiro atoms. The molecule has 0 aliphatic heterocycles. The summed E-state index contributed by atoms with van der Waals surface area (Å²) in [6.07, 6.45) is 11.4. The minimum atomic E-state index is -0.530. The lowest BCUT2D eigenvalue weighted by molar-refractivity contribution is -0.149. The van der Waals surface area contributed by atoms with Crippen molar-refractivity contribution in [3.63, 3.8) is 0 Å². The van der Waals surface area contributed by atoms with Gasteiger partial charge in [-0.25, -0.2) is 0 Å². The van der Waals surface area contributed by atoms with Gasteiger partial charge >= 0.3 is 5.97 Å². The van der Waals surface area contributed by atoms with Gasteiger partial charge in [0.05, 0.1) is 13.7 Å². The van der Waals surface area contributed by atoms with Crippen LogP contribution in [0.15, 0.2) is 0 Å². The highest BCUT2D eigenvalue weighted by molar-refractivity contribution is 5.80. The summed E-state index contributed by atoms with van der Waals surface area (Å²) in [6, 6.07) is 0.